The fourth-order valence-corrected chi connectivity index (χ4v) is 4.65. The number of nitrogens with one attached hydrogen (secondary N) is 1. The van der Waals surface area contributed by atoms with Crippen molar-refractivity contribution >= 4 is 43.6 Å². The van der Waals surface area contributed by atoms with Crippen molar-refractivity contribution in [2.75, 3.05) is 32.0 Å². The number of nitrogens with zero attached hydrogens (tertiary/aromatic N) is 3. The third kappa shape index (κ3) is 6.55. The Hall–Kier alpha value is -2.43. The third-order valence-corrected chi connectivity index (χ3v) is 7.67. The van der Waals surface area contributed by atoms with Gasteiger partial charge in [0.25, 0.3) is 0 Å². The van der Waals surface area contributed by atoms with Crippen LogP contribution >= 0.6 is 15.9 Å². The first kappa shape index (κ1) is 26.8. The zero-order valence-electron chi connectivity index (χ0n) is 19.8. The van der Waals surface area contributed by atoms with Gasteiger partial charge in [0.1, 0.15) is 12.6 Å². The van der Waals surface area contributed by atoms with Crippen molar-refractivity contribution in [3.05, 3.63) is 63.6 Å². The Morgan fingerprint density at radius 1 is 1.06 bits per heavy atom. The molecule has 1 N–H and O–H groups in total. The summed E-state index contributed by atoms with van der Waals surface area (Å²) in [5.41, 5.74) is 2.83. The largest absolute Gasteiger partial charge is 0.357 e. The van der Waals surface area contributed by atoms with E-state index < -0.39 is 28.7 Å². The van der Waals surface area contributed by atoms with Crippen LogP contribution in [0.5, 0.6) is 0 Å². The first-order valence-corrected chi connectivity index (χ1v) is 12.6. The van der Waals surface area contributed by atoms with Gasteiger partial charge in [0, 0.05) is 32.2 Å². The van der Waals surface area contributed by atoms with Crippen molar-refractivity contribution in [1.29, 1.82) is 0 Å². The number of rotatable bonds is 9. The van der Waals surface area contributed by atoms with Gasteiger partial charge in [-0.1, -0.05) is 40.2 Å². The zero-order chi connectivity index (χ0) is 24.9. The van der Waals surface area contributed by atoms with Gasteiger partial charge in [0.15, 0.2) is 0 Å². The topological polar surface area (TPSA) is 90.0 Å². The summed E-state index contributed by atoms with van der Waals surface area (Å²) in [5, 5.41) is 2.56. The van der Waals surface area contributed by atoms with Gasteiger partial charge >= 0.3 is 10.2 Å². The van der Waals surface area contributed by atoms with E-state index in [4.69, 9.17) is 0 Å². The van der Waals surface area contributed by atoms with E-state index in [1.165, 1.54) is 26.0 Å². The predicted octanol–water partition coefficient (Wildman–Crippen LogP) is 2.84. The Morgan fingerprint density at radius 3 is 2.21 bits per heavy atom. The molecule has 1 atom stereocenters. The van der Waals surface area contributed by atoms with Crippen molar-refractivity contribution < 1.29 is 18.0 Å². The molecule has 0 aliphatic heterocycles. The first-order valence-electron chi connectivity index (χ1n) is 10.4. The summed E-state index contributed by atoms with van der Waals surface area (Å²) < 4.78 is 29.5. The Balaban J connectivity index is 2.49. The molecule has 0 aromatic heterocycles. The van der Waals surface area contributed by atoms with Crippen molar-refractivity contribution in [1.82, 2.24) is 14.5 Å². The van der Waals surface area contributed by atoms with Gasteiger partial charge in [-0.3, -0.25) is 9.59 Å². The lowest BCUT2D eigenvalue weighted by molar-refractivity contribution is -0.139. The molecule has 0 fully saturated rings. The molecule has 33 heavy (non-hydrogen) atoms. The minimum absolute atomic E-state index is 0.156. The SMILES string of the molecule is CNC(=O)[C@H](C)N(Cc1ccc(Br)cc1)C(=O)CN(c1cc(C)ccc1C)S(=O)(=O)N(C)C. The summed E-state index contributed by atoms with van der Waals surface area (Å²) in [6.07, 6.45) is 0. The molecule has 0 saturated carbocycles. The Kier molecular flexibility index (Phi) is 9.04. The molecule has 2 rings (SSSR count). The number of aryl methyl sites for hydroxylation is 2. The minimum atomic E-state index is -3.98. The number of hydrogen-bond donors (Lipinski definition) is 1. The van der Waals surface area contributed by atoms with Gasteiger partial charge in [0.05, 0.1) is 5.69 Å². The molecule has 0 spiro atoms. The molecule has 0 unspecified atom stereocenters. The van der Waals surface area contributed by atoms with Crippen LogP contribution in [0.15, 0.2) is 46.9 Å². The van der Waals surface area contributed by atoms with Crippen molar-refractivity contribution in [2.45, 2.75) is 33.4 Å². The van der Waals surface area contributed by atoms with Crippen LogP contribution in [0, 0.1) is 13.8 Å². The third-order valence-electron chi connectivity index (χ3n) is 5.33. The fraction of sp³-hybridized carbons (Fsp3) is 0.391. The molecule has 0 aliphatic carbocycles. The van der Waals surface area contributed by atoms with E-state index >= 15 is 0 Å². The normalized spacial score (nSPS) is 12.4. The molecule has 180 valence electrons. The highest BCUT2D eigenvalue weighted by atomic mass is 79.9. The molecule has 0 bridgehead atoms. The van der Waals surface area contributed by atoms with E-state index in [1.54, 1.807) is 19.9 Å². The van der Waals surface area contributed by atoms with Gasteiger partial charge in [-0.05, 0) is 55.7 Å². The molecule has 0 saturated heterocycles. The summed E-state index contributed by atoms with van der Waals surface area (Å²) in [5.74, 6) is -0.824. The van der Waals surface area contributed by atoms with Gasteiger partial charge in [-0.25, -0.2) is 4.31 Å². The maximum atomic E-state index is 13.5. The van der Waals surface area contributed by atoms with Crippen LogP contribution in [0.4, 0.5) is 5.69 Å². The van der Waals surface area contributed by atoms with Gasteiger partial charge in [-0.2, -0.15) is 12.7 Å². The Bertz CT molecular complexity index is 1100. The average Bonchev–Trinajstić information content (AvgIpc) is 2.77. The predicted molar refractivity (Wildman–Crippen MR) is 134 cm³/mol. The molecule has 0 radical (unpaired) electrons. The van der Waals surface area contributed by atoms with Crippen LogP contribution in [0.25, 0.3) is 0 Å². The Morgan fingerprint density at radius 2 is 1.67 bits per heavy atom. The second-order valence-electron chi connectivity index (χ2n) is 8.03. The van der Waals surface area contributed by atoms with Crippen molar-refractivity contribution in [2.24, 2.45) is 0 Å². The summed E-state index contributed by atoms with van der Waals surface area (Å²) >= 11 is 3.39. The highest BCUT2D eigenvalue weighted by Crippen LogP contribution is 2.26. The number of likely N-dealkylation sites (N-methyl/N-ethyl adjacent to an activating group) is 1. The van der Waals surface area contributed by atoms with Crippen LogP contribution < -0.4 is 9.62 Å². The number of halogens is 1. The summed E-state index contributed by atoms with van der Waals surface area (Å²) in [4.78, 5) is 27.3. The van der Waals surface area contributed by atoms with E-state index in [1.807, 2.05) is 43.3 Å². The monoisotopic (exact) mass is 538 g/mol. The second kappa shape index (κ2) is 11.1. The van der Waals surface area contributed by atoms with Gasteiger partial charge < -0.3 is 10.2 Å². The summed E-state index contributed by atoms with van der Waals surface area (Å²) in [7, 11) is 0.365. The second-order valence-corrected chi connectivity index (χ2v) is 11.0. The molecular formula is C23H31BrN4O4S. The standard InChI is InChI=1S/C23H31BrN4O4S/c1-16-7-8-17(2)21(13-16)28(33(31,32)26(5)6)15-22(29)27(18(3)23(30)25-4)14-19-9-11-20(24)12-10-19/h7-13,18H,14-15H2,1-6H3,(H,25,30)/t18-/m0/s1. The quantitative estimate of drug-likeness (QED) is 0.531. The van der Waals surface area contributed by atoms with Crippen LogP contribution in [-0.2, 0) is 26.3 Å². The lowest BCUT2D eigenvalue weighted by Gasteiger charge is -2.33. The lowest BCUT2D eigenvalue weighted by Crippen LogP contribution is -2.52. The number of carbonyl (C=O) groups excluding carboxylic acids is 2. The number of benzene rings is 2. The van der Waals surface area contributed by atoms with Gasteiger partial charge in [0.2, 0.25) is 11.8 Å². The average molecular weight is 539 g/mol. The van der Waals surface area contributed by atoms with E-state index in [2.05, 4.69) is 21.2 Å². The maximum absolute atomic E-state index is 13.5. The number of amides is 2. The highest BCUT2D eigenvalue weighted by molar-refractivity contribution is 9.10. The number of hydrogen-bond acceptors (Lipinski definition) is 4. The van der Waals surface area contributed by atoms with Crippen LogP contribution in [-0.4, -0.2) is 63.2 Å². The van der Waals surface area contributed by atoms with Crippen LogP contribution in [0.3, 0.4) is 0 Å². The summed E-state index contributed by atoms with van der Waals surface area (Å²) in [6, 6.07) is 12.0. The lowest BCUT2D eigenvalue weighted by atomic mass is 10.1. The smallest absolute Gasteiger partial charge is 0.304 e. The molecule has 10 heteroatoms. The maximum Gasteiger partial charge on any atom is 0.304 e. The van der Waals surface area contributed by atoms with Crippen LogP contribution in [0.1, 0.15) is 23.6 Å². The molecule has 8 nitrogen and oxygen atoms in total. The van der Waals surface area contributed by atoms with E-state index in [-0.39, 0.29) is 12.5 Å². The first-order chi connectivity index (χ1) is 15.4. The number of anilines is 1. The minimum Gasteiger partial charge on any atom is -0.357 e. The molecular weight excluding hydrogens is 508 g/mol. The van der Waals surface area contributed by atoms with E-state index in [9.17, 15) is 18.0 Å². The molecule has 0 heterocycles. The zero-order valence-corrected chi connectivity index (χ0v) is 22.2. The van der Waals surface area contributed by atoms with Crippen molar-refractivity contribution in [3.8, 4) is 0 Å². The molecule has 0 aliphatic rings. The molecule has 2 aromatic carbocycles. The van der Waals surface area contributed by atoms with E-state index in [0.29, 0.717) is 5.69 Å². The molecule has 2 aromatic rings. The van der Waals surface area contributed by atoms with Crippen molar-refractivity contribution in [3.63, 3.8) is 0 Å². The van der Waals surface area contributed by atoms with E-state index in [0.717, 1.165) is 29.8 Å². The Labute approximate surface area is 204 Å². The fourth-order valence-electron chi connectivity index (χ4n) is 3.27. The highest BCUT2D eigenvalue weighted by Gasteiger charge is 2.33. The molecule has 2 amide bonds. The van der Waals surface area contributed by atoms with Gasteiger partial charge in [-0.15, -0.1) is 0 Å². The van der Waals surface area contributed by atoms with Crippen LogP contribution in [0.2, 0.25) is 0 Å². The summed E-state index contributed by atoms with van der Waals surface area (Å²) in [6.45, 7) is 4.99. The number of carbonyl (C=O) groups is 2.